The SMILES string of the molecule is N=C(N)c1ccnc(OC2CCC2)c1. The quantitative estimate of drug-likeness (QED) is 0.558. The first-order chi connectivity index (χ1) is 6.75. The van der Waals surface area contributed by atoms with Crippen LogP contribution in [0.5, 0.6) is 5.88 Å². The zero-order valence-electron chi connectivity index (χ0n) is 7.86. The molecule has 1 aromatic heterocycles. The Hall–Kier alpha value is -1.58. The van der Waals surface area contributed by atoms with Gasteiger partial charge in [0.25, 0.3) is 0 Å². The Labute approximate surface area is 82.6 Å². The van der Waals surface area contributed by atoms with Crippen LogP contribution < -0.4 is 10.5 Å². The van der Waals surface area contributed by atoms with Crippen molar-refractivity contribution in [2.75, 3.05) is 0 Å². The summed E-state index contributed by atoms with van der Waals surface area (Å²) in [7, 11) is 0. The standard InChI is InChI=1S/C10H13N3O/c11-10(12)7-4-5-13-9(6-7)14-8-2-1-3-8/h4-6,8H,1-3H2,(H3,11,12). The van der Waals surface area contributed by atoms with Crippen molar-refractivity contribution >= 4 is 5.84 Å². The average molecular weight is 191 g/mol. The zero-order chi connectivity index (χ0) is 9.97. The molecule has 1 aromatic rings. The number of nitrogens with two attached hydrogens (primary N) is 1. The second-order valence-electron chi connectivity index (χ2n) is 3.47. The number of nitrogens with zero attached hydrogens (tertiary/aromatic N) is 1. The Kier molecular flexibility index (Phi) is 2.35. The van der Waals surface area contributed by atoms with Gasteiger partial charge in [0.1, 0.15) is 11.9 Å². The third-order valence-corrected chi connectivity index (χ3v) is 2.39. The van der Waals surface area contributed by atoms with Gasteiger partial charge in [-0.3, -0.25) is 5.41 Å². The first kappa shape index (κ1) is 8.99. The zero-order valence-corrected chi connectivity index (χ0v) is 7.86. The van der Waals surface area contributed by atoms with Crippen LogP contribution >= 0.6 is 0 Å². The van der Waals surface area contributed by atoms with E-state index in [4.69, 9.17) is 15.9 Å². The molecule has 74 valence electrons. The third-order valence-electron chi connectivity index (χ3n) is 2.39. The number of nitrogens with one attached hydrogen (secondary N) is 1. The van der Waals surface area contributed by atoms with Crippen molar-refractivity contribution in [3.05, 3.63) is 23.9 Å². The molecule has 1 heterocycles. The van der Waals surface area contributed by atoms with Gasteiger partial charge in [-0.1, -0.05) is 0 Å². The summed E-state index contributed by atoms with van der Waals surface area (Å²) in [4.78, 5) is 4.07. The van der Waals surface area contributed by atoms with E-state index in [0.29, 0.717) is 17.5 Å². The molecular formula is C10H13N3O. The molecule has 2 rings (SSSR count). The molecule has 0 amide bonds. The Morgan fingerprint density at radius 1 is 1.57 bits per heavy atom. The number of ether oxygens (including phenoxy) is 1. The summed E-state index contributed by atoms with van der Waals surface area (Å²) in [6.07, 6.45) is 5.37. The van der Waals surface area contributed by atoms with Gasteiger partial charge in [0, 0.05) is 17.8 Å². The average Bonchev–Trinajstić information content (AvgIpc) is 2.12. The van der Waals surface area contributed by atoms with E-state index in [2.05, 4.69) is 4.98 Å². The van der Waals surface area contributed by atoms with Gasteiger partial charge in [-0.15, -0.1) is 0 Å². The highest BCUT2D eigenvalue weighted by molar-refractivity contribution is 5.95. The molecule has 0 atom stereocenters. The lowest BCUT2D eigenvalue weighted by molar-refractivity contribution is 0.114. The number of aromatic nitrogens is 1. The predicted octanol–water partition coefficient (Wildman–Crippen LogP) is 1.30. The summed E-state index contributed by atoms with van der Waals surface area (Å²) in [6, 6.07) is 3.41. The molecule has 3 N–H and O–H groups in total. The lowest BCUT2D eigenvalue weighted by Gasteiger charge is -2.25. The Morgan fingerprint density at radius 2 is 2.36 bits per heavy atom. The summed E-state index contributed by atoms with van der Waals surface area (Å²) in [6.45, 7) is 0. The van der Waals surface area contributed by atoms with Crippen LogP contribution in [0.3, 0.4) is 0 Å². The molecular weight excluding hydrogens is 178 g/mol. The summed E-state index contributed by atoms with van der Waals surface area (Å²) in [5, 5.41) is 7.27. The second kappa shape index (κ2) is 3.65. The largest absolute Gasteiger partial charge is 0.474 e. The molecule has 1 aliphatic rings. The minimum absolute atomic E-state index is 0.0471. The molecule has 4 nitrogen and oxygen atoms in total. The monoisotopic (exact) mass is 191 g/mol. The van der Waals surface area contributed by atoms with E-state index < -0.39 is 0 Å². The van der Waals surface area contributed by atoms with Gasteiger partial charge in [0.15, 0.2) is 0 Å². The lowest BCUT2D eigenvalue weighted by atomic mass is 9.96. The summed E-state index contributed by atoms with van der Waals surface area (Å²) in [5.41, 5.74) is 6.02. The number of hydrogen-bond donors (Lipinski definition) is 2. The van der Waals surface area contributed by atoms with Crippen molar-refractivity contribution in [2.24, 2.45) is 5.73 Å². The van der Waals surface area contributed by atoms with E-state index in [9.17, 15) is 0 Å². The maximum Gasteiger partial charge on any atom is 0.214 e. The predicted molar refractivity (Wildman–Crippen MR) is 53.5 cm³/mol. The van der Waals surface area contributed by atoms with Crippen molar-refractivity contribution in [3.8, 4) is 5.88 Å². The van der Waals surface area contributed by atoms with Gasteiger partial charge in [-0.2, -0.15) is 0 Å². The Morgan fingerprint density at radius 3 is 2.93 bits per heavy atom. The highest BCUT2D eigenvalue weighted by atomic mass is 16.5. The van der Waals surface area contributed by atoms with Gasteiger partial charge in [-0.25, -0.2) is 4.98 Å². The summed E-state index contributed by atoms with van der Waals surface area (Å²) < 4.78 is 5.58. The van der Waals surface area contributed by atoms with Crippen molar-refractivity contribution in [2.45, 2.75) is 25.4 Å². The fourth-order valence-electron chi connectivity index (χ4n) is 1.30. The van der Waals surface area contributed by atoms with Crippen molar-refractivity contribution < 1.29 is 4.74 Å². The molecule has 1 aliphatic carbocycles. The number of nitrogen functional groups attached to an aromatic ring is 1. The van der Waals surface area contributed by atoms with Crippen LogP contribution in [0, 0.1) is 5.41 Å². The molecule has 0 radical (unpaired) electrons. The Balaban J connectivity index is 2.09. The number of amidine groups is 1. The fraction of sp³-hybridized carbons (Fsp3) is 0.400. The molecule has 1 saturated carbocycles. The maximum absolute atomic E-state index is 7.27. The van der Waals surface area contributed by atoms with Crippen LogP contribution in [0.4, 0.5) is 0 Å². The molecule has 0 aliphatic heterocycles. The Bertz CT molecular complexity index is 347. The molecule has 0 unspecified atom stereocenters. The van der Waals surface area contributed by atoms with E-state index in [1.165, 1.54) is 6.42 Å². The minimum atomic E-state index is 0.0471. The van der Waals surface area contributed by atoms with Crippen LogP contribution in [0.25, 0.3) is 0 Å². The van der Waals surface area contributed by atoms with Crippen molar-refractivity contribution in [1.82, 2.24) is 4.98 Å². The van der Waals surface area contributed by atoms with E-state index in [1.54, 1.807) is 18.3 Å². The smallest absolute Gasteiger partial charge is 0.214 e. The van der Waals surface area contributed by atoms with E-state index >= 15 is 0 Å². The van der Waals surface area contributed by atoms with Crippen LogP contribution in [0.1, 0.15) is 24.8 Å². The van der Waals surface area contributed by atoms with Crippen LogP contribution in [-0.4, -0.2) is 16.9 Å². The number of hydrogen-bond acceptors (Lipinski definition) is 3. The van der Waals surface area contributed by atoms with Gasteiger partial charge >= 0.3 is 0 Å². The highest BCUT2D eigenvalue weighted by Gasteiger charge is 2.19. The van der Waals surface area contributed by atoms with E-state index in [0.717, 1.165) is 12.8 Å². The fourth-order valence-corrected chi connectivity index (χ4v) is 1.30. The normalized spacial score (nSPS) is 16.0. The molecule has 0 spiro atoms. The van der Waals surface area contributed by atoms with E-state index in [1.807, 2.05) is 0 Å². The molecule has 0 saturated heterocycles. The topological polar surface area (TPSA) is 72.0 Å². The molecule has 0 aromatic carbocycles. The van der Waals surface area contributed by atoms with Crippen LogP contribution in [-0.2, 0) is 0 Å². The number of pyridine rings is 1. The van der Waals surface area contributed by atoms with Gasteiger partial charge in [0.05, 0.1) is 0 Å². The second-order valence-corrected chi connectivity index (χ2v) is 3.47. The van der Waals surface area contributed by atoms with Gasteiger partial charge in [0.2, 0.25) is 5.88 Å². The summed E-state index contributed by atoms with van der Waals surface area (Å²) >= 11 is 0. The van der Waals surface area contributed by atoms with Crippen LogP contribution in [0.15, 0.2) is 18.3 Å². The van der Waals surface area contributed by atoms with Crippen LogP contribution in [0.2, 0.25) is 0 Å². The minimum Gasteiger partial charge on any atom is -0.474 e. The first-order valence-corrected chi connectivity index (χ1v) is 4.73. The molecule has 14 heavy (non-hydrogen) atoms. The van der Waals surface area contributed by atoms with Crippen molar-refractivity contribution in [1.29, 1.82) is 5.41 Å². The third kappa shape index (κ3) is 1.84. The summed E-state index contributed by atoms with van der Waals surface area (Å²) in [5.74, 6) is 0.619. The maximum atomic E-state index is 7.27. The highest BCUT2D eigenvalue weighted by Crippen LogP contribution is 2.23. The lowest BCUT2D eigenvalue weighted by Crippen LogP contribution is -2.25. The molecule has 1 fully saturated rings. The molecule has 0 bridgehead atoms. The van der Waals surface area contributed by atoms with Gasteiger partial charge in [-0.05, 0) is 25.3 Å². The van der Waals surface area contributed by atoms with E-state index in [-0.39, 0.29) is 5.84 Å². The van der Waals surface area contributed by atoms with Gasteiger partial charge < -0.3 is 10.5 Å². The molecule has 4 heteroatoms. The van der Waals surface area contributed by atoms with Crippen molar-refractivity contribution in [3.63, 3.8) is 0 Å². The first-order valence-electron chi connectivity index (χ1n) is 4.73. The number of rotatable bonds is 3.